The van der Waals surface area contributed by atoms with E-state index in [2.05, 4.69) is 19.2 Å². The molecule has 0 saturated carbocycles. The van der Waals surface area contributed by atoms with Gasteiger partial charge in [0, 0.05) is 13.1 Å². The van der Waals surface area contributed by atoms with Crippen molar-refractivity contribution in [2.45, 2.75) is 70.9 Å². The highest BCUT2D eigenvalue weighted by molar-refractivity contribution is 7.92. The van der Waals surface area contributed by atoms with Gasteiger partial charge in [-0.05, 0) is 61.1 Å². The van der Waals surface area contributed by atoms with E-state index < -0.39 is 28.5 Å². The monoisotopic (exact) mass is 563 g/mol. The van der Waals surface area contributed by atoms with Gasteiger partial charge in [0.2, 0.25) is 11.8 Å². The van der Waals surface area contributed by atoms with Gasteiger partial charge in [-0.1, -0.05) is 87.9 Å². The Bertz CT molecular complexity index is 1360. The number of rotatable bonds is 13. The SMILES string of the molecule is CCCNC(=O)[C@@H](CC)N(Cc1ccc(C)cc1)C(=O)CN(c1ccc(C(C)C)cc1)S(=O)(=O)c1ccccc1. The molecule has 7 nitrogen and oxygen atoms in total. The van der Waals surface area contributed by atoms with E-state index in [-0.39, 0.29) is 23.3 Å². The van der Waals surface area contributed by atoms with Crippen molar-refractivity contribution in [3.8, 4) is 0 Å². The number of aryl methyl sites for hydroxylation is 1. The molecule has 3 aromatic rings. The van der Waals surface area contributed by atoms with Crippen molar-refractivity contribution in [1.82, 2.24) is 10.2 Å². The lowest BCUT2D eigenvalue weighted by Crippen LogP contribution is -2.52. The average molecular weight is 564 g/mol. The summed E-state index contributed by atoms with van der Waals surface area (Å²) in [6.07, 6.45) is 1.16. The highest BCUT2D eigenvalue weighted by atomic mass is 32.2. The highest BCUT2D eigenvalue weighted by Gasteiger charge is 2.33. The van der Waals surface area contributed by atoms with Crippen molar-refractivity contribution >= 4 is 27.5 Å². The van der Waals surface area contributed by atoms with Crippen LogP contribution in [0.5, 0.6) is 0 Å². The molecular weight excluding hydrogens is 522 g/mol. The summed E-state index contributed by atoms with van der Waals surface area (Å²) in [6, 6.07) is 22.4. The molecule has 0 fully saturated rings. The summed E-state index contributed by atoms with van der Waals surface area (Å²) in [5.74, 6) is -0.429. The Morgan fingerprint density at radius 2 is 1.50 bits per heavy atom. The number of carbonyl (C=O) groups is 2. The summed E-state index contributed by atoms with van der Waals surface area (Å²) in [7, 11) is -4.08. The number of hydrogen-bond donors (Lipinski definition) is 1. The Hall–Kier alpha value is -3.65. The van der Waals surface area contributed by atoms with Crippen LogP contribution in [0.4, 0.5) is 5.69 Å². The Balaban J connectivity index is 2.04. The van der Waals surface area contributed by atoms with Crippen molar-refractivity contribution in [3.63, 3.8) is 0 Å². The minimum atomic E-state index is -4.08. The maximum absolute atomic E-state index is 14.1. The molecule has 40 heavy (non-hydrogen) atoms. The predicted molar refractivity (Wildman–Crippen MR) is 161 cm³/mol. The molecule has 1 atom stereocenters. The second-order valence-corrected chi connectivity index (χ2v) is 12.2. The van der Waals surface area contributed by atoms with Gasteiger partial charge < -0.3 is 10.2 Å². The molecule has 0 aliphatic rings. The molecule has 0 unspecified atom stereocenters. The van der Waals surface area contributed by atoms with Gasteiger partial charge in [0.1, 0.15) is 12.6 Å². The normalized spacial score (nSPS) is 12.2. The molecule has 0 aliphatic heterocycles. The first-order chi connectivity index (χ1) is 19.1. The second-order valence-electron chi connectivity index (χ2n) is 10.3. The molecule has 8 heteroatoms. The maximum Gasteiger partial charge on any atom is 0.264 e. The molecule has 3 rings (SSSR count). The molecule has 0 heterocycles. The summed E-state index contributed by atoms with van der Waals surface area (Å²) < 4.78 is 28.9. The first-order valence-corrected chi connectivity index (χ1v) is 15.3. The number of carbonyl (C=O) groups excluding carboxylic acids is 2. The molecule has 1 N–H and O–H groups in total. The van der Waals surface area contributed by atoms with Crippen LogP contribution in [-0.2, 0) is 26.2 Å². The van der Waals surface area contributed by atoms with Crippen LogP contribution >= 0.6 is 0 Å². The Labute approximate surface area is 239 Å². The summed E-state index contributed by atoms with van der Waals surface area (Å²) in [4.78, 5) is 28.8. The van der Waals surface area contributed by atoms with Crippen LogP contribution in [0.1, 0.15) is 63.1 Å². The van der Waals surface area contributed by atoms with E-state index >= 15 is 0 Å². The molecule has 0 aromatic heterocycles. The standard InChI is InChI=1S/C32H41N3O4S/c1-6-21-33-32(37)30(7-2)34(22-26-15-13-25(5)14-16-26)31(36)23-35(28-19-17-27(18-20-28)24(3)4)40(38,39)29-11-9-8-10-12-29/h8-20,24,30H,6-7,21-23H2,1-5H3,(H,33,37)/t30-/m1/s1. The van der Waals surface area contributed by atoms with Crippen molar-refractivity contribution in [3.05, 3.63) is 95.6 Å². The van der Waals surface area contributed by atoms with Crippen molar-refractivity contribution in [2.24, 2.45) is 0 Å². The van der Waals surface area contributed by atoms with Crippen molar-refractivity contribution in [1.29, 1.82) is 0 Å². The van der Waals surface area contributed by atoms with Crippen LogP contribution in [0, 0.1) is 6.92 Å². The Morgan fingerprint density at radius 1 is 0.875 bits per heavy atom. The van der Waals surface area contributed by atoms with Crippen molar-refractivity contribution < 1.29 is 18.0 Å². The molecule has 0 radical (unpaired) electrons. The topological polar surface area (TPSA) is 86.8 Å². The fourth-order valence-electron chi connectivity index (χ4n) is 4.45. The van der Waals surface area contributed by atoms with Gasteiger partial charge in [-0.3, -0.25) is 13.9 Å². The lowest BCUT2D eigenvalue weighted by atomic mass is 10.0. The van der Waals surface area contributed by atoms with E-state index in [1.54, 1.807) is 30.3 Å². The highest BCUT2D eigenvalue weighted by Crippen LogP contribution is 2.27. The predicted octanol–water partition coefficient (Wildman–Crippen LogP) is 5.65. The first-order valence-electron chi connectivity index (χ1n) is 13.9. The number of anilines is 1. The zero-order valence-electron chi connectivity index (χ0n) is 24.1. The van der Waals surface area contributed by atoms with E-state index in [0.29, 0.717) is 18.7 Å². The number of nitrogens with zero attached hydrogens (tertiary/aromatic N) is 2. The van der Waals surface area contributed by atoms with Gasteiger partial charge in [-0.25, -0.2) is 8.42 Å². The quantitative estimate of drug-likeness (QED) is 0.291. The molecular formula is C32H41N3O4S. The summed E-state index contributed by atoms with van der Waals surface area (Å²) in [5.41, 5.74) is 3.39. The van der Waals surface area contributed by atoms with Crippen LogP contribution in [0.3, 0.4) is 0 Å². The lowest BCUT2D eigenvalue weighted by Gasteiger charge is -2.33. The lowest BCUT2D eigenvalue weighted by molar-refractivity contribution is -0.140. The summed E-state index contributed by atoms with van der Waals surface area (Å²) >= 11 is 0. The molecule has 0 aliphatic carbocycles. The number of benzene rings is 3. The molecule has 0 saturated heterocycles. The largest absolute Gasteiger partial charge is 0.354 e. The summed E-state index contributed by atoms with van der Waals surface area (Å²) in [5, 5.41) is 2.91. The van der Waals surface area contributed by atoms with Gasteiger partial charge in [-0.15, -0.1) is 0 Å². The van der Waals surface area contributed by atoms with Gasteiger partial charge in [0.25, 0.3) is 10.0 Å². The van der Waals surface area contributed by atoms with Crippen molar-refractivity contribution in [2.75, 3.05) is 17.4 Å². The minimum absolute atomic E-state index is 0.0913. The number of sulfonamides is 1. The van der Waals surface area contributed by atoms with Gasteiger partial charge in [0.05, 0.1) is 10.6 Å². The smallest absolute Gasteiger partial charge is 0.264 e. The molecule has 3 aromatic carbocycles. The third-order valence-corrected chi connectivity index (χ3v) is 8.65. The van der Waals surface area contributed by atoms with Gasteiger partial charge in [-0.2, -0.15) is 0 Å². The van der Waals surface area contributed by atoms with Crippen LogP contribution in [-0.4, -0.2) is 44.3 Å². The van der Waals surface area contributed by atoms with Crippen LogP contribution in [0.15, 0.2) is 83.8 Å². The van der Waals surface area contributed by atoms with E-state index in [9.17, 15) is 18.0 Å². The number of hydrogen-bond acceptors (Lipinski definition) is 4. The number of amides is 2. The second kappa shape index (κ2) is 14.1. The maximum atomic E-state index is 14.1. The summed E-state index contributed by atoms with van der Waals surface area (Å²) in [6.45, 7) is 10.2. The Kier molecular flexibility index (Phi) is 10.9. The van der Waals surface area contributed by atoms with Crippen LogP contribution in [0.25, 0.3) is 0 Å². The third-order valence-electron chi connectivity index (χ3n) is 6.87. The first kappa shape index (κ1) is 30.9. The third kappa shape index (κ3) is 7.72. The van der Waals surface area contributed by atoms with Crippen LogP contribution < -0.4 is 9.62 Å². The van der Waals surface area contributed by atoms with E-state index in [0.717, 1.165) is 27.4 Å². The van der Waals surface area contributed by atoms with E-state index in [1.165, 1.54) is 17.0 Å². The fraction of sp³-hybridized carbons (Fsp3) is 0.375. The van der Waals surface area contributed by atoms with Gasteiger partial charge >= 0.3 is 0 Å². The molecule has 0 bridgehead atoms. The van der Waals surface area contributed by atoms with Gasteiger partial charge in [0.15, 0.2) is 0 Å². The fourth-order valence-corrected chi connectivity index (χ4v) is 5.88. The molecule has 214 valence electrons. The van der Waals surface area contributed by atoms with E-state index in [4.69, 9.17) is 0 Å². The minimum Gasteiger partial charge on any atom is -0.354 e. The average Bonchev–Trinajstić information content (AvgIpc) is 2.96. The number of nitrogens with one attached hydrogen (secondary N) is 1. The van der Waals surface area contributed by atoms with E-state index in [1.807, 2.05) is 57.2 Å². The Morgan fingerprint density at radius 3 is 2.05 bits per heavy atom. The van der Waals surface area contributed by atoms with Crippen LogP contribution in [0.2, 0.25) is 0 Å². The molecule has 0 spiro atoms. The molecule has 2 amide bonds. The zero-order valence-corrected chi connectivity index (χ0v) is 24.9. The zero-order chi connectivity index (χ0) is 29.3.